The average Bonchev–Trinajstić information content (AvgIpc) is 2.65. The molecule has 4 nitrogen and oxygen atoms in total. The van der Waals surface area contributed by atoms with Crippen LogP contribution in [0.2, 0.25) is 0 Å². The van der Waals surface area contributed by atoms with E-state index in [0.29, 0.717) is 0 Å². The summed E-state index contributed by atoms with van der Waals surface area (Å²) in [5.41, 5.74) is 7.73. The standard InChI is InChI=1S/C10H12N4/c1-2-7-4-3-5-8(6-7)9-12-10(11)14-13-9/h3-6H,2H2,1H3,(H3,11,12,13,14). The van der Waals surface area contributed by atoms with Crippen molar-refractivity contribution in [3.05, 3.63) is 29.8 Å². The molecule has 0 aliphatic heterocycles. The number of rotatable bonds is 2. The maximum atomic E-state index is 5.43. The maximum Gasteiger partial charge on any atom is 0.239 e. The largest absolute Gasteiger partial charge is 0.366 e. The van der Waals surface area contributed by atoms with Gasteiger partial charge < -0.3 is 5.73 Å². The van der Waals surface area contributed by atoms with Crippen LogP contribution in [0.3, 0.4) is 0 Å². The summed E-state index contributed by atoms with van der Waals surface area (Å²) >= 11 is 0. The summed E-state index contributed by atoms with van der Waals surface area (Å²) in [5, 5.41) is 6.58. The first-order valence-corrected chi connectivity index (χ1v) is 4.57. The first-order chi connectivity index (χ1) is 6.79. The SMILES string of the molecule is CCc1cccc(-c2nc(N)n[nH]2)c1. The van der Waals surface area contributed by atoms with Gasteiger partial charge in [-0.1, -0.05) is 25.1 Å². The fourth-order valence-electron chi connectivity index (χ4n) is 1.34. The molecule has 0 radical (unpaired) electrons. The number of hydrogen-bond donors (Lipinski definition) is 2. The first kappa shape index (κ1) is 8.74. The number of nitrogens with two attached hydrogens (primary N) is 1. The van der Waals surface area contributed by atoms with E-state index in [9.17, 15) is 0 Å². The van der Waals surface area contributed by atoms with Crippen LogP contribution in [0, 0.1) is 0 Å². The van der Waals surface area contributed by atoms with Crippen LogP contribution in [-0.2, 0) is 6.42 Å². The molecule has 0 saturated carbocycles. The van der Waals surface area contributed by atoms with Gasteiger partial charge in [0, 0.05) is 5.56 Å². The normalized spacial score (nSPS) is 10.4. The topological polar surface area (TPSA) is 67.6 Å². The van der Waals surface area contributed by atoms with Gasteiger partial charge >= 0.3 is 0 Å². The molecule has 4 heteroatoms. The molecule has 3 N–H and O–H groups in total. The zero-order chi connectivity index (χ0) is 9.97. The van der Waals surface area contributed by atoms with Gasteiger partial charge in [0.2, 0.25) is 5.95 Å². The molecule has 2 rings (SSSR count). The summed E-state index contributed by atoms with van der Waals surface area (Å²) in [6, 6.07) is 8.16. The van der Waals surface area contributed by atoms with E-state index in [1.165, 1.54) is 5.56 Å². The Balaban J connectivity index is 2.41. The fourth-order valence-corrected chi connectivity index (χ4v) is 1.34. The molecule has 0 unspecified atom stereocenters. The minimum atomic E-state index is 0.280. The van der Waals surface area contributed by atoms with Gasteiger partial charge in [0.15, 0.2) is 5.82 Å². The minimum Gasteiger partial charge on any atom is -0.366 e. The molecular formula is C10H12N4. The molecule has 14 heavy (non-hydrogen) atoms. The van der Waals surface area contributed by atoms with E-state index >= 15 is 0 Å². The number of H-pyrrole nitrogens is 1. The molecule has 72 valence electrons. The van der Waals surface area contributed by atoms with Crippen LogP contribution >= 0.6 is 0 Å². The lowest BCUT2D eigenvalue weighted by Crippen LogP contribution is -1.86. The van der Waals surface area contributed by atoms with Crippen molar-refractivity contribution in [1.82, 2.24) is 15.2 Å². The lowest BCUT2D eigenvalue weighted by Gasteiger charge is -1.99. The third kappa shape index (κ3) is 1.59. The Morgan fingerprint density at radius 3 is 2.93 bits per heavy atom. The molecule has 2 aromatic rings. The van der Waals surface area contributed by atoms with E-state index in [1.54, 1.807) is 0 Å². The Hall–Kier alpha value is -1.84. The Bertz CT molecular complexity index is 433. The minimum absolute atomic E-state index is 0.280. The van der Waals surface area contributed by atoms with Gasteiger partial charge in [-0.3, -0.25) is 5.10 Å². The summed E-state index contributed by atoms with van der Waals surface area (Å²) in [6.07, 6.45) is 1.01. The number of nitrogens with zero attached hydrogens (tertiary/aromatic N) is 2. The van der Waals surface area contributed by atoms with E-state index in [2.05, 4.69) is 34.2 Å². The van der Waals surface area contributed by atoms with Crippen molar-refractivity contribution in [3.8, 4) is 11.4 Å². The van der Waals surface area contributed by atoms with Crippen molar-refractivity contribution in [2.24, 2.45) is 0 Å². The van der Waals surface area contributed by atoms with Crippen LogP contribution < -0.4 is 5.73 Å². The molecule has 0 atom stereocenters. The Labute approximate surface area is 82.2 Å². The van der Waals surface area contributed by atoms with E-state index in [1.807, 2.05) is 12.1 Å². The second-order valence-corrected chi connectivity index (χ2v) is 3.10. The number of aryl methyl sites for hydroxylation is 1. The Kier molecular flexibility index (Phi) is 2.18. The number of benzene rings is 1. The number of nitrogens with one attached hydrogen (secondary N) is 1. The first-order valence-electron chi connectivity index (χ1n) is 4.57. The van der Waals surface area contributed by atoms with Crippen LogP contribution in [0.5, 0.6) is 0 Å². The van der Waals surface area contributed by atoms with Crippen LogP contribution in [0.4, 0.5) is 5.95 Å². The molecule has 1 aromatic heterocycles. The van der Waals surface area contributed by atoms with E-state index in [4.69, 9.17) is 5.73 Å². The maximum absolute atomic E-state index is 5.43. The van der Waals surface area contributed by atoms with Crippen molar-refractivity contribution < 1.29 is 0 Å². The molecular weight excluding hydrogens is 176 g/mol. The highest BCUT2D eigenvalue weighted by Gasteiger charge is 2.02. The van der Waals surface area contributed by atoms with Gasteiger partial charge in [0.25, 0.3) is 0 Å². The van der Waals surface area contributed by atoms with Crippen molar-refractivity contribution >= 4 is 5.95 Å². The van der Waals surface area contributed by atoms with Crippen LogP contribution in [0.15, 0.2) is 24.3 Å². The zero-order valence-electron chi connectivity index (χ0n) is 7.99. The van der Waals surface area contributed by atoms with Gasteiger partial charge in [-0.25, -0.2) is 0 Å². The summed E-state index contributed by atoms with van der Waals surface area (Å²) in [5.74, 6) is 1.000. The second kappa shape index (κ2) is 3.49. The van der Waals surface area contributed by atoms with E-state index in [-0.39, 0.29) is 5.95 Å². The number of anilines is 1. The molecule has 0 aliphatic carbocycles. The summed E-state index contributed by atoms with van der Waals surface area (Å²) in [7, 11) is 0. The predicted octanol–water partition coefficient (Wildman–Crippen LogP) is 1.62. The molecule has 1 aromatic carbocycles. The number of aromatic nitrogens is 3. The van der Waals surface area contributed by atoms with E-state index in [0.717, 1.165) is 17.8 Å². The Morgan fingerprint density at radius 2 is 2.29 bits per heavy atom. The molecule has 0 aliphatic rings. The summed E-state index contributed by atoms with van der Waals surface area (Å²) in [6.45, 7) is 2.12. The molecule has 1 heterocycles. The molecule has 0 bridgehead atoms. The molecule has 0 saturated heterocycles. The van der Waals surface area contributed by atoms with Crippen molar-refractivity contribution in [2.75, 3.05) is 5.73 Å². The van der Waals surface area contributed by atoms with Crippen molar-refractivity contribution in [2.45, 2.75) is 13.3 Å². The van der Waals surface area contributed by atoms with Gasteiger partial charge in [-0.2, -0.15) is 4.98 Å². The highest BCUT2D eigenvalue weighted by Crippen LogP contribution is 2.16. The molecule has 0 amide bonds. The number of aromatic amines is 1. The van der Waals surface area contributed by atoms with Crippen molar-refractivity contribution in [3.63, 3.8) is 0 Å². The fraction of sp³-hybridized carbons (Fsp3) is 0.200. The quantitative estimate of drug-likeness (QED) is 0.752. The number of hydrogen-bond acceptors (Lipinski definition) is 3. The summed E-state index contributed by atoms with van der Waals surface area (Å²) < 4.78 is 0. The van der Waals surface area contributed by atoms with Gasteiger partial charge in [0.1, 0.15) is 0 Å². The van der Waals surface area contributed by atoms with Crippen LogP contribution in [0.25, 0.3) is 11.4 Å². The Morgan fingerprint density at radius 1 is 1.43 bits per heavy atom. The van der Waals surface area contributed by atoms with Gasteiger partial charge in [0.05, 0.1) is 0 Å². The lowest BCUT2D eigenvalue weighted by atomic mass is 10.1. The third-order valence-electron chi connectivity index (χ3n) is 2.11. The third-order valence-corrected chi connectivity index (χ3v) is 2.11. The highest BCUT2D eigenvalue weighted by molar-refractivity contribution is 5.56. The van der Waals surface area contributed by atoms with Gasteiger partial charge in [-0.15, -0.1) is 5.10 Å². The smallest absolute Gasteiger partial charge is 0.239 e. The number of nitrogen functional groups attached to an aromatic ring is 1. The monoisotopic (exact) mass is 188 g/mol. The van der Waals surface area contributed by atoms with Crippen LogP contribution in [0.1, 0.15) is 12.5 Å². The average molecular weight is 188 g/mol. The highest BCUT2D eigenvalue weighted by atomic mass is 15.3. The second-order valence-electron chi connectivity index (χ2n) is 3.10. The van der Waals surface area contributed by atoms with E-state index < -0.39 is 0 Å². The lowest BCUT2D eigenvalue weighted by molar-refractivity contribution is 1.10. The predicted molar refractivity (Wildman–Crippen MR) is 55.6 cm³/mol. The zero-order valence-corrected chi connectivity index (χ0v) is 7.99. The van der Waals surface area contributed by atoms with Crippen LogP contribution in [-0.4, -0.2) is 15.2 Å². The molecule has 0 fully saturated rings. The molecule has 0 spiro atoms. The van der Waals surface area contributed by atoms with Gasteiger partial charge in [-0.05, 0) is 18.1 Å². The summed E-state index contributed by atoms with van der Waals surface area (Å²) in [4.78, 5) is 4.07. The van der Waals surface area contributed by atoms with Crippen molar-refractivity contribution in [1.29, 1.82) is 0 Å².